The zero-order valence-corrected chi connectivity index (χ0v) is 28.4. The Kier molecular flexibility index (Phi) is 9.59. The lowest BCUT2D eigenvalue weighted by Gasteiger charge is -2.16. The molecule has 0 saturated heterocycles. The number of ether oxygens (including phenoxy) is 1. The van der Waals surface area contributed by atoms with Gasteiger partial charge in [0.25, 0.3) is 0 Å². The average molecular weight is 656 g/mol. The third kappa shape index (κ3) is 7.71. The van der Waals surface area contributed by atoms with E-state index in [9.17, 15) is 9.90 Å². The van der Waals surface area contributed by atoms with Gasteiger partial charge >= 0.3 is 6.03 Å². The Morgan fingerprint density at radius 1 is 0.898 bits per heavy atom. The lowest BCUT2D eigenvalue weighted by molar-refractivity contribution is 0.262. The predicted molar refractivity (Wildman–Crippen MR) is 195 cm³/mol. The first-order chi connectivity index (χ1) is 23.6. The second-order valence-corrected chi connectivity index (χ2v) is 13.0. The summed E-state index contributed by atoms with van der Waals surface area (Å²) in [7, 11) is 0. The molecule has 0 spiro atoms. The van der Waals surface area contributed by atoms with Crippen LogP contribution in [0.15, 0.2) is 97.3 Å². The number of aliphatic hydroxyl groups excluding tert-OH is 1. The summed E-state index contributed by atoms with van der Waals surface area (Å²) in [6.45, 7) is 10.6. The molecule has 0 unspecified atom stereocenters. The van der Waals surface area contributed by atoms with E-state index in [1.807, 2.05) is 79.7 Å². The number of rotatable bonds is 10. The van der Waals surface area contributed by atoms with Gasteiger partial charge in [-0.15, -0.1) is 0 Å². The summed E-state index contributed by atoms with van der Waals surface area (Å²) in [5, 5.41) is 25.4. The van der Waals surface area contributed by atoms with E-state index in [2.05, 4.69) is 65.7 Å². The van der Waals surface area contributed by atoms with E-state index in [0.717, 1.165) is 51.0 Å². The summed E-state index contributed by atoms with van der Waals surface area (Å²) in [6, 6.07) is 27.3. The molecule has 10 nitrogen and oxygen atoms in total. The van der Waals surface area contributed by atoms with Gasteiger partial charge in [-0.25, -0.2) is 14.5 Å². The first-order valence-electron chi connectivity index (χ1n) is 16.3. The number of nitrogens with zero attached hydrogens (tertiary/aromatic N) is 4. The predicted octanol–water partition coefficient (Wildman–Crippen LogP) is 8.44. The summed E-state index contributed by atoms with van der Waals surface area (Å²) in [4.78, 5) is 22.0. The van der Waals surface area contributed by atoms with E-state index in [4.69, 9.17) is 9.84 Å². The van der Waals surface area contributed by atoms with Crippen LogP contribution in [0.1, 0.15) is 55.8 Å². The van der Waals surface area contributed by atoms with Crippen LogP contribution in [0.5, 0.6) is 5.75 Å². The highest BCUT2D eigenvalue weighted by molar-refractivity contribution is 6.07. The fourth-order valence-corrected chi connectivity index (χ4v) is 5.48. The first kappa shape index (κ1) is 33.2. The van der Waals surface area contributed by atoms with E-state index in [0.29, 0.717) is 35.4 Å². The van der Waals surface area contributed by atoms with Crippen LogP contribution in [0.2, 0.25) is 0 Å². The summed E-state index contributed by atoms with van der Waals surface area (Å²) >= 11 is 0. The molecule has 0 aliphatic rings. The van der Waals surface area contributed by atoms with Crippen molar-refractivity contribution in [2.24, 2.45) is 0 Å². The molecule has 6 aromatic rings. The number of fused-ring (bicyclic) bond motifs is 1. The number of hydrogen-bond donors (Lipinski definition) is 4. The van der Waals surface area contributed by atoms with Crippen molar-refractivity contribution in [3.63, 3.8) is 0 Å². The van der Waals surface area contributed by atoms with E-state index in [-0.39, 0.29) is 18.1 Å². The minimum Gasteiger partial charge on any atom is -0.488 e. The molecule has 2 amide bonds. The molecule has 2 heterocycles. The number of hydrogen-bond acceptors (Lipinski definition) is 7. The third-order valence-corrected chi connectivity index (χ3v) is 8.19. The number of nitrogens with one attached hydrogen (secondary N) is 3. The second-order valence-electron chi connectivity index (χ2n) is 13.0. The molecular weight excluding hydrogens is 614 g/mol. The zero-order valence-electron chi connectivity index (χ0n) is 28.4. The Labute approximate surface area is 286 Å². The van der Waals surface area contributed by atoms with Gasteiger partial charge in [-0.2, -0.15) is 5.10 Å². The average Bonchev–Trinajstić information content (AvgIpc) is 3.52. The highest BCUT2D eigenvalue weighted by Gasteiger charge is 2.22. The van der Waals surface area contributed by atoms with Gasteiger partial charge in [0.1, 0.15) is 24.0 Å². The van der Waals surface area contributed by atoms with Crippen LogP contribution in [-0.4, -0.2) is 30.9 Å². The molecule has 49 heavy (non-hydrogen) atoms. The number of amides is 2. The van der Waals surface area contributed by atoms with Crippen molar-refractivity contribution in [3.05, 3.63) is 125 Å². The normalized spacial score (nSPS) is 11.4. The van der Waals surface area contributed by atoms with E-state index in [1.54, 1.807) is 17.1 Å². The third-order valence-electron chi connectivity index (χ3n) is 8.19. The maximum atomic E-state index is 13.4. The van der Waals surface area contributed by atoms with Gasteiger partial charge in [0, 0.05) is 27.9 Å². The van der Waals surface area contributed by atoms with Crippen LogP contribution in [0, 0.1) is 6.92 Å². The van der Waals surface area contributed by atoms with Crippen molar-refractivity contribution in [1.29, 1.82) is 0 Å². The number of aryl methyl sites for hydroxylation is 2. The molecule has 4 aromatic carbocycles. The Morgan fingerprint density at radius 3 is 2.41 bits per heavy atom. The van der Waals surface area contributed by atoms with Gasteiger partial charge in [-0.05, 0) is 54.8 Å². The van der Waals surface area contributed by atoms with Gasteiger partial charge in [0.15, 0.2) is 0 Å². The highest BCUT2D eigenvalue weighted by atomic mass is 16.5. The Morgan fingerprint density at radius 2 is 1.67 bits per heavy atom. The van der Waals surface area contributed by atoms with Gasteiger partial charge in [-0.3, -0.25) is 10.3 Å². The molecule has 10 heteroatoms. The lowest BCUT2D eigenvalue weighted by Crippen LogP contribution is -2.21. The summed E-state index contributed by atoms with van der Waals surface area (Å²) in [5.74, 6) is 1.84. The molecule has 0 radical (unpaired) electrons. The van der Waals surface area contributed by atoms with Crippen molar-refractivity contribution in [3.8, 4) is 11.4 Å². The summed E-state index contributed by atoms with van der Waals surface area (Å²) in [6.07, 6.45) is 4.00. The summed E-state index contributed by atoms with van der Waals surface area (Å²) in [5.41, 5.74) is 6.81. The molecule has 0 aliphatic heterocycles. The van der Waals surface area contributed by atoms with Crippen molar-refractivity contribution in [1.82, 2.24) is 19.7 Å². The van der Waals surface area contributed by atoms with Gasteiger partial charge in [0.05, 0.1) is 41.8 Å². The SMILES string of the molecule is CCc1ccc(COc2ccc(NC(=O)Nc3cc(C(C)(C)C)nn3-c3ccc(C)cc3)c3ccccc23)cc1Nc1cncc(CO)n1. The Balaban J connectivity index is 1.20. The molecule has 0 fully saturated rings. The van der Waals surface area contributed by atoms with Crippen LogP contribution in [0.3, 0.4) is 0 Å². The van der Waals surface area contributed by atoms with Crippen molar-refractivity contribution in [2.75, 3.05) is 16.0 Å². The number of aliphatic hydroxyl groups is 1. The summed E-state index contributed by atoms with van der Waals surface area (Å²) < 4.78 is 8.12. The second kappa shape index (κ2) is 14.2. The van der Waals surface area contributed by atoms with Crippen molar-refractivity contribution in [2.45, 2.75) is 59.7 Å². The van der Waals surface area contributed by atoms with Crippen LogP contribution >= 0.6 is 0 Å². The van der Waals surface area contributed by atoms with E-state index in [1.165, 1.54) is 0 Å². The minimum absolute atomic E-state index is 0.179. The largest absolute Gasteiger partial charge is 0.488 e. The molecule has 250 valence electrons. The highest BCUT2D eigenvalue weighted by Crippen LogP contribution is 2.33. The maximum Gasteiger partial charge on any atom is 0.324 e. The van der Waals surface area contributed by atoms with Crippen molar-refractivity contribution >= 4 is 39.8 Å². The van der Waals surface area contributed by atoms with E-state index >= 15 is 0 Å². The lowest BCUT2D eigenvalue weighted by atomic mass is 9.92. The number of carbonyl (C=O) groups excluding carboxylic acids is 1. The Hall–Kier alpha value is -5.74. The quantitative estimate of drug-likeness (QED) is 0.117. The van der Waals surface area contributed by atoms with Gasteiger partial charge in [0.2, 0.25) is 0 Å². The molecule has 2 aromatic heterocycles. The van der Waals surface area contributed by atoms with Crippen molar-refractivity contribution < 1.29 is 14.6 Å². The van der Waals surface area contributed by atoms with Crippen LogP contribution in [-0.2, 0) is 25.0 Å². The number of benzene rings is 4. The number of carbonyl (C=O) groups is 1. The smallest absolute Gasteiger partial charge is 0.324 e. The fraction of sp³-hybridized carbons (Fsp3) is 0.231. The molecule has 0 atom stereocenters. The molecular formula is C39H41N7O3. The fourth-order valence-electron chi connectivity index (χ4n) is 5.48. The molecule has 6 rings (SSSR count). The number of urea groups is 1. The van der Waals surface area contributed by atoms with Crippen LogP contribution in [0.25, 0.3) is 16.5 Å². The van der Waals surface area contributed by atoms with Crippen LogP contribution < -0.4 is 20.7 Å². The molecule has 0 bridgehead atoms. The monoisotopic (exact) mass is 655 g/mol. The maximum absolute atomic E-state index is 13.4. The number of anilines is 4. The first-order valence-corrected chi connectivity index (χ1v) is 16.3. The van der Waals surface area contributed by atoms with Crippen LogP contribution in [0.4, 0.5) is 27.8 Å². The molecule has 4 N–H and O–H groups in total. The van der Waals surface area contributed by atoms with Gasteiger partial charge in [-0.1, -0.05) is 81.8 Å². The molecule has 0 aliphatic carbocycles. The van der Waals surface area contributed by atoms with E-state index < -0.39 is 0 Å². The number of aromatic nitrogens is 4. The Bertz CT molecular complexity index is 2100. The topological polar surface area (TPSA) is 126 Å². The zero-order chi connectivity index (χ0) is 34.5. The standard InChI is InChI=1S/C39H41N7O3/c1-6-27-14-13-26(19-33(27)42-36-22-40-21-28(23-47)41-36)24-49-34-18-17-32(30-9-7-8-10-31(30)34)43-38(48)44-37-20-35(39(3,4)5)45-46(37)29-15-11-25(2)12-16-29/h7-22,47H,6,23-24H2,1-5H3,(H,41,42)(H2,43,44,48). The molecule has 0 saturated carbocycles. The minimum atomic E-state index is -0.377. The van der Waals surface area contributed by atoms with Gasteiger partial charge < -0.3 is 20.5 Å².